The normalized spacial score (nSPS) is 19.6. The first kappa shape index (κ1) is 13.4. The van der Waals surface area contributed by atoms with Gasteiger partial charge in [-0.2, -0.15) is 0 Å². The van der Waals surface area contributed by atoms with Gasteiger partial charge in [0.2, 0.25) is 0 Å². The Morgan fingerprint density at radius 3 is 2.06 bits per heavy atom. The number of rotatable bonds is 3. The molecule has 0 amide bonds. The van der Waals surface area contributed by atoms with Gasteiger partial charge in [0.15, 0.2) is 0 Å². The van der Waals surface area contributed by atoms with Crippen molar-refractivity contribution in [3.63, 3.8) is 0 Å². The van der Waals surface area contributed by atoms with Crippen LogP contribution in [0.15, 0.2) is 24.3 Å². The van der Waals surface area contributed by atoms with E-state index in [4.69, 9.17) is 10.5 Å². The van der Waals surface area contributed by atoms with Crippen LogP contribution in [0.2, 0.25) is 0 Å². The molecule has 0 atom stereocenters. The molecule has 2 N–H and O–H groups in total. The monoisotopic (exact) mass is 247 g/mol. The van der Waals surface area contributed by atoms with Crippen molar-refractivity contribution in [1.29, 1.82) is 0 Å². The van der Waals surface area contributed by atoms with E-state index in [9.17, 15) is 0 Å². The number of ether oxygens (including phenoxy) is 1. The van der Waals surface area contributed by atoms with E-state index in [2.05, 4.69) is 24.3 Å². The predicted octanol–water partition coefficient (Wildman–Crippen LogP) is 3.98. The van der Waals surface area contributed by atoms with Gasteiger partial charge in [-0.3, -0.25) is 0 Å². The highest BCUT2D eigenvalue weighted by Crippen LogP contribution is 2.34. The van der Waals surface area contributed by atoms with Gasteiger partial charge in [-0.05, 0) is 44.4 Å². The summed E-state index contributed by atoms with van der Waals surface area (Å²) in [4.78, 5) is 0. The van der Waals surface area contributed by atoms with Gasteiger partial charge < -0.3 is 10.5 Å². The van der Waals surface area contributed by atoms with Crippen LogP contribution in [0.5, 0.6) is 5.75 Å². The van der Waals surface area contributed by atoms with Gasteiger partial charge in [-0.1, -0.05) is 37.8 Å². The third-order valence-electron chi connectivity index (χ3n) is 3.80. The van der Waals surface area contributed by atoms with E-state index in [1.165, 1.54) is 31.2 Å². The molecule has 0 saturated heterocycles. The van der Waals surface area contributed by atoms with E-state index in [1.807, 2.05) is 13.8 Å². The first-order valence-corrected chi connectivity index (χ1v) is 7.16. The standard InChI is InChI=1S/C16H25NO/c1-13(2)18-15-9-7-14(8-10-15)16(17)11-5-3-4-6-12-16/h7-10,13H,3-6,11-12,17H2,1-2H3. The summed E-state index contributed by atoms with van der Waals surface area (Å²) in [6.07, 6.45) is 7.60. The number of hydrogen-bond acceptors (Lipinski definition) is 2. The van der Waals surface area contributed by atoms with Gasteiger partial charge in [0.25, 0.3) is 0 Å². The maximum absolute atomic E-state index is 6.59. The van der Waals surface area contributed by atoms with Crippen molar-refractivity contribution in [2.75, 3.05) is 0 Å². The van der Waals surface area contributed by atoms with Crippen molar-refractivity contribution in [3.8, 4) is 5.75 Å². The summed E-state index contributed by atoms with van der Waals surface area (Å²) in [5, 5.41) is 0. The molecule has 2 heteroatoms. The van der Waals surface area contributed by atoms with E-state index in [0.717, 1.165) is 18.6 Å². The van der Waals surface area contributed by atoms with Crippen molar-refractivity contribution < 1.29 is 4.74 Å². The molecule has 0 unspecified atom stereocenters. The number of benzene rings is 1. The van der Waals surface area contributed by atoms with E-state index < -0.39 is 0 Å². The number of hydrogen-bond donors (Lipinski definition) is 1. The summed E-state index contributed by atoms with van der Waals surface area (Å²) in [7, 11) is 0. The van der Waals surface area contributed by atoms with E-state index in [0.29, 0.717) is 0 Å². The lowest BCUT2D eigenvalue weighted by atomic mass is 9.84. The summed E-state index contributed by atoms with van der Waals surface area (Å²) < 4.78 is 5.67. The zero-order valence-electron chi connectivity index (χ0n) is 11.6. The van der Waals surface area contributed by atoms with Gasteiger partial charge in [-0.25, -0.2) is 0 Å². The molecular weight excluding hydrogens is 222 g/mol. The summed E-state index contributed by atoms with van der Waals surface area (Å²) in [5.74, 6) is 0.936. The fourth-order valence-corrected chi connectivity index (χ4v) is 2.79. The quantitative estimate of drug-likeness (QED) is 0.820. The molecule has 1 saturated carbocycles. The Labute approximate surface area is 111 Å². The molecule has 0 radical (unpaired) electrons. The average molecular weight is 247 g/mol. The van der Waals surface area contributed by atoms with Crippen LogP contribution in [0.3, 0.4) is 0 Å². The third kappa shape index (κ3) is 3.26. The summed E-state index contributed by atoms with van der Waals surface area (Å²) in [5.41, 5.74) is 7.74. The second-order valence-electron chi connectivity index (χ2n) is 5.76. The van der Waals surface area contributed by atoms with Crippen molar-refractivity contribution in [3.05, 3.63) is 29.8 Å². The highest BCUT2D eigenvalue weighted by molar-refractivity contribution is 5.32. The molecule has 18 heavy (non-hydrogen) atoms. The molecule has 1 aromatic carbocycles. The van der Waals surface area contributed by atoms with E-state index >= 15 is 0 Å². The predicted molar refractivity (Wildman–Crippen MR) is 75.8 cm³/mol. The summed E-state index contributed by atoms with van der Waals surface area (Å²) in [6, 6.07) is 8.38. The molecule has 0 aliphatic heterocycles. The van der Waals surface area contributed by atoms with Crippen LogP contribution in [0.4, 0.5) is 0 Å². The highest BCUT2D eigenvalue weighted by Gasteiger charge is 2.27. The molecule has 1 aliphatic rings. The largest absolute Gasteiger partial charge is 0.491 e. The first-order chi connectivity index (χ1) is 8.60. The second kappa shape index (κ2) is 5.75. The lowest BCUT2D eigenvalue weighted by Crippen LogP contribution is -2.35. The van der Waals surface area contributed by atoms with E-state index in [-0.39, 0.29) is 11.6 Å². The van der Waals surface area contributed by atoms with Gasteiger partial charge >= 0.3 is 0 Å². The lowest BCUT2D eigenvalue weighted by Gasteiger charge is -2.29. The third-order valence-corrected chi connectivity index (χ3v) is 3.80. The van der Waals surface area contributed by atoms with Crippen LogP contribution >= 0.6 is 0 Å². The molecule has 0 heterocycles. The summed E-state index contributed by atoms with van der Waals surface area (Å²) in [6.45, 7) is 4.09. The van der Waals surface area contributed by atoms with Crippen LogP contribution in [0.25, 0.3) is 0 Å². The smallest absolute Gasteiger partial charge is 0.119 e. The maximum atomic E-state index is 6.59. The minimum Gasteiger partial charge on any atom is -0.491 e. The van der Waals surface area contributed by atoms with Gasteiger partial charge in [0, 0.05) is 5.54 Å². The molecule has 2 nitrogen and oxygen atoms in total. The van der Waals surface area contributed by atoms with Crippen LogP contribution in [0, 0.1) is 0 Å². The maximum Gasteiger partial charge on any atom is 0.119 e. The Hall–Kier alpha value is -1.02. The number of nitrogens with two attached hydrogens (primary N) is 1. The fraction of sp³-hybridized carbons (Fsp3) is 0.625. The van der Waals surface area contributed by atoms with Crippen molar-refractivity contribution in [2.24, 2.45) is 5.73 Å². The van der Waals surface area contributed by atoms with E-state index in [1.54, 1.807) is 0 Å². The zero-order valence-corrected chi connectivity index (χ0v) is 11.6. The molecule has 1 fully saturated rings. The lowest BCUT2D eigenvalue weighted by molar-refractivity contribution is 0.242. The Kier molecular flexibility index (Phi) is 4.28. The molecule has 1 aliphatic carbocycles. The SMILES string of the molecule is CC(C)Oc1ccc(C2(N)CCCCCC2)cc1. The molecule has 1 aromatic rings. The van der Waals surface area contributed by atoms with Crippen molar-refractivity contribution in [2.45, 2.75) is 64.0 Å². The Balaban J connectivity index is 2.12. The molecule has 0 aromatic heterocycles. The highest BCUT2D eigenvalue weighted by atomic mass is 16.5. The zero-order chi connectivity index (χ0) is 13.0. The topological polar surface area (TPSA) is 35.2 Å². The summed E-state index contributed by atoms with van der Waals surface area (Å²) >= 11 is 0. The van der Waals surface area contributed by atoms with Crippen LogP contribution < -0.4 is 10.5 Å². The van der Waals surface area contributed by atoms with Crippen molar-refractivity contribution in [1.82, 2.24) is 0 Å². The van der Waals surface area contributed by atoms with Gasteiger partial charge in [-0.15, -0.1) is 0 Å². The first-order valence-electron chi connectivity index (χ1n) is 7.16. The second-order valence-corrected chi connectivity index (χ2v) is 5.76. The molecular formula is C16H25NO. The molecule has 100 valence electrons. The van der Waals surface area contributed by atoms with Gasteiger partial charge in [0.1, 0.15) is 5.75 Å². The minimum absolute atomic E-state index is 0.118. The molecule has 0 bridgehead atoms. The molecule has 0 spiro atoms. The minimum atomic E-state index is -0.118. The fourth-order valence-electron chi connectivity index (χ4n) is 2.79. The Morgan fingerprint density at radius 2 is 1.56 bits per heavy atom. The average Bonchev–Trinajstić information content (AvgIpc) is 2.55. The molecule has 2 rings (SSSR count). The van der Waals surface area contributed by atoms with Crippen LogP contribution in [-0.4, -0.2) is 6.10 Å². The van der Waals surface area contributed by atoms with Crippen LogP contribution in [0.1, 0.15) is 57.9 Å². The van der Waals surface area contributed by atoms with Crippen LogP contribution in [-0.2, 0) is 5.54 Å². The van der Waals surface area contributed by atoms with Gasteiger partial charge in [0.05, 0.1) is 6.10 Å². The Morgan fingerprint density at radius 1 is 1.00 bits per heavy atom. The van der Waals surface area contributed by atoms with Crippen molar-refractivity contribution >= 4 is 0 Å². The Bertz CT molecular complexity index is 361.